The van der Waals surface area contributed by atoms with E-state index in [-0.39, 0.29) is 34.7 Å². The lowest BCUT2D eigenvalue weighted by Gasteiger charge is -2.24. The molecule has 0 aromatic heterocycles. The molecule has 268 valence electrons. The van der Waals surface area contributed by atoms with Crippen LogP contribution in [0.3, 0.4) is 0 Å². The van der Waals surface area contributed by atoms with E-state index in [2.05, 4.69) is 5.32 Å². The molecule has 2 atom stereocenters. The summed E-state index contributed by atoms with van der Waals surface area (Å²) in [7, 11) is 0. The fourth-order valence-electron chi connectivity index (χ4n) is 6.83. The number of likely N-dealkylation sites (N-methyl/N-ethyl adjacent to an activating group) is 1. The molecular weight excluding hydrogens is 670 g/mol. The van der Waals surface area contributed by atoms with E-state index in [0.29, 0.717) is 70.1 Å². The third-order valence-electron chi connectivity index (χ3n) is 9.38. The van der Waals surface area contributed by atoms with Gasteiger partial charge in [-0.1, -0.05) is 31.2 Å². The number of carbonyl (C=O) groups excluding carboxylic acids is 1. The van der Waals surface area contributed by atoms with E-state index >= 15 is 0 Å². The van der Waals surface area contributed by atoms with Crippen LogP contribution in [0.2, 0.25) is 0 Å². The van der Waals surface area contributed by atoms with Gasteiger partial charge >= 0.3 is 11.9 Å². The Kier molecular flexibility index (Phi) is 9.84. The third kappa shape index (κ3) is 6.71. The Morgan fingerprint density at radius 1 is 0.769 bits per heavy atom. The molecule has 0 amide bonds. The number of carboxylic acids is 1. The lowest BCUT2D eigenvalue weighted by atomic mass is 9.86. The number of esters is 1. The zero-order valence-corrected chi connectivity index (χ0v) is 28.0. The molecule has 0 saturated heterocycles. The average Bonchev–Trinajstić information content (AvgIpc) is 3.32. The van der Waals surface area contributed by atoms with Crippen molar-refractivity contribution < 1.29 is 55.2 Å². The Morgan fingerprint density at radius 2 is 1.52 bits per heavy atom. The topological polar surface area (TPSA) is 217 Å². The van der Waals surface area contributed by atoms with Gasteiger partial charge in [0.25, 0.3) is 0 Å². The van der Waals surface area contributed by atoms with Gasteiger partial charge in [-0.2, -0.15) is 0 Å². The molecule has 0 spiro atoms. The standard InChI is InChI=1S/C40H37NO11/c1-2-41-19-29(22-10-13-31(43)32(44)16-22)39(40(50)51)52-35(47)14-11-21-17-33(45)37(48)25-12-9-20(15-27(21)25)28-18-34(46)38(49)26-7-3-5-23-24(36(26)28)6-4-8-30(23)42/h4,6,8-18,29,39,41-46,48-49H,2-3,5,7,19H2,1H3,(H,50,51). The summed E-state index contributed by atoms with van der Waals surface area (Å²) in [5, 5.41) is 87.3. The Balaban J connectivity index is 1.41. The number of aromatic hydroxyl groups is 7. The maximum Gasteiger partial charge on any atom is 0.345 e. The van der Waals surface area contributed by atoms with E-state index in [0.717, 1.165) is 6.08 Å². The number of carbonyl (C=O) groups is 2. The van der Waals surface area contributed by atoms with Crippen molar-refractivity contribution in [1.82, 2.24) is 5.32 Å². The van der Waals surface area contributed by atoms with Crippen LogP contribution < -0.4 is 5.32 Å². The largest absolute Gasteiger partial charge is 0.508 e. The van der Waals surface area contributed by atoms with Gasteiger partial charge in [-0.25, -0.2) is 9.59 Å². The van der Waals surface area contributed by atoms with Crippen molar-refractivity contribution in [3.63, 3.8) is 0 Å². The van der Waals surface area contributed by atoms with Crippen LogP contribution in [0.4, 0.5) is 0 Å². The summed E-state index contributed by atoms with van der Waals surface area (Å²) in [6.45, 7) is 2.35. The van der Waals surface area contributed by atoms with Gasteiger partial charge in [-0.15, -0.1) is 0 Å². The second-order valence-corrected chi connectivity index (χ2v) is 12.6. The molecule has 52 heavy (non-hydrogen) atoms. The van der Waals surface area contributed by atoms with Gasteiger partial charge in [-0.05, 0) is 113 Å². The van der Waals surface area contributed by atoms with Crippen molar-refractivity contribution >= 4 is 28.8 Å². The van der Waals surface area contributed by atoms with Gasteiger partial charge in [0.15, 0.2) is 34.5 Å². The third-order valence-corrected chi connectivity index (χ3v) is 9.38. The second kappa shape index (κ2) is 14.4. The summed E-state index contributed by atoms with van der Waals surface area (Å²) in [6, 6.07) is 16.5. The van der Waals surface area contributed by atoms with E-state index in [9.17, 15) is 50.4 Å². The summed E-state index contributed by atoms with van der Waals surface area (Å²) in [6.07, 6.45) is 2.18. The van der Waals surface area contributed by atoms with Gasteiger partial charge < -0.3 is 50.9 Å². The SMILES string of the molecule is CCNCC(c1ccc(O)c(O)c1)C(OC(=O)C=Cc1cc(O)c(O)c2ccc(-c3cc(O)c(O)c4c3-c3cccc(O)c3CCC4)cc12)C(=O)O. The monoisotopic (exact) mass is 707 g/mol. The molecule has 0 fully saturated rings. The van der Waals surface area contributed by atoms with E-state index in [1.165, 1.54) is 36.4 Å². The lowest BCUT2D eigenvalue weighted by molar-refractivity contribution is -0.162. The molecule has 12 heteroatoms. The van der Waals surface area contributed by atoms with Crippen LogP contribution in [0.5, 0.6) is 40.2 Å². The predicted octanol–water partition coefficient (Wildman–Crippen LogP) is 6.00. The summed E-state index contributed by atoms with van der Waals surface area (Å²) < 4.78 is 5.42. The van der Waals surface area contributed by atoms with Gasteiger partial charge in [0, 0.05) is 35.1 Å². The van der Waals surface area contributed by atoms with E-state index < -0.39 is 47.0 Å². The molecule has 0 radical (unpaired) electrons. The molecule has 0 saturated carbocycles. The minimum Gasteiger partial charge on any atom is -0.508 e. The molecule has 2 unspecified atom stereocenters. The van der Waals surface area contributed by atoms with Crippen molar-refractivity contribution in [1.29, 1.82) is 0 Å². The minimum absolute atomic E-state index is 0.0640. The van der Waals surface area contributed by atoms with Crippen LogP contribution in [0, 0.1) is 0 Å². The summed E-state index contributed by atoms with van der Waals surface area (Å²) >= 11 is 0. The van der Waals surface area contributed by atoms with Crippen LogP contribution in [-0.2, 0) is 27.2 Å². The van der Waals surface area contributed by atoms with Crippen LogP contribution in [-0.4, -0.2) is 72.0 Å². The summed E-state index contributed by atoms with van der Waals surface area (Å²) in [5.74, 6) is -5.66. The van der Waals surface area contributed by atoms with E-state index in [4.69, 9.17) is 4.74 Å². The summed E-state index contributed by atoms with van der Waals surface area (Å²) in [4.78, 5) is 25.6. The van der Waals surface area contributed by atoms with Gasteiger partial charge in [0.1, 0.15) is 5.75 Å². The number of hydrogen-bond donors (Lipinski definition) is 9. The Morgan fingerprint density at radius 3 is 2.25 bits per heavy atom. The number of benzene rings is 5. The molecule has 12 nitrogen and oxygen atoms in total. The van der Waals surface area contributed by atoms with Crippen molar-refractivity contribution in [3.05, 3.63) is 95.1 Å². The lowest BCUT2D eigenvalue weighted by Crippen LogP contribution is -2.38. The molecule has 9 N–H and O–H groups in total. The molecule has 0 bridgehead atoms. The first kappa shape index (κ1) is 35.4. The maximum atomic E-state index is 13.2. The highest BCUT2D eigenvalue weighted by molar-refractivity contribution is 6.02. The highest BCUT2D eigenvalue weighted by Gasteiger charge is 2.33. The number of ether oxygens (including phenoxy) is 1. The molecule has 0 aliphatic heterocycles. The smallest absolute Gasteiger partial charge is 0.345 e. The minimum atomic E-state index is -1.70. The number of hydrogen-bond acceptors (Lipinski definition) is 11. The molecule has 5 aromatic rings. The van der Waals surface area contributed by atoms with E-state index in [1.807, 2.05) is 13.0 Å². The van der Waals surface area contributed by atoms with Crippen molar-refractivity contribution in [2.45, 2.75) is 38.2 Å². The first-order valence-electron chi connectivity index (χ1n) is 16.6. The molecule has 0 heterocycles. The van der Waals surface area contributed by atoms with Crippen molar-refractivity contribution in [2.75, 3.05) is 13.1 Å². The maximum absolute atomic E-state index is 13.2. The van der Waals surface area contributed by atoms with E-state index in [1.54, 1.807) is 30.3 Å². The number of aliphatic carboxylic acids is 1. The predicted molar refractivity (Wildman–Crippen MR) is 193 cm³/mol. The Labute approximate surface area is 297 Å². The quantitative estimate of drug-likeness (QED) is 0.0464. The zero-order valence-electron chi connectivity index (χ0n) is 28.0. The van der Waals surface area contributed by atoms with Gasteiger partial charge in [0.05, 0.1) is 0 Å². The molecule has 5 aromatic carbocycles. The normalized spacial score (nSPS) is 13.6. The molecular formula is C40H37NO11. The van der Waals surface area contributed by atoms with Gasteiger partial charge in [0.2, 0.25) is 6.10 Å². The number of phenols is 7. The number of phenolic OH excluding ortho intramolecular Hbond substituents is 7. The molecule has 1 aliphatic rings. The molecule has 1 aliphatic carbocycles. The molecule has 6 rings (SSSR count). The zero-order chi connectivity index (χ0) is 37.3. The Bertz CT molecular complexity index is 2240. The fourth-order valence-corrected chi connectivity index (χ4v) is 6.83. The fraction of sp³-hybridized carbons (Fsp3) is 0.200. The second-order valence-electron chi connectivity index (χ2n) is 12.6. The first-order chi connectivity index (χ1) is 24.9. The van der Waals surface area contributed by atoms with Crippen molar-refractivity contribution in [3.8, 4) is 62.5 Å². The van der Waals surface area contributed by atoms with Crippen molar-refractivity contribution in [2.24, 2.45) is 0 Å². The average molecular weight is 708 g/mol. The van der Waals surface area contributed by atoms with Crippen LogP contribution in [0.1, 0.15) is 41.5 Å². The highest BCUT2D eigenvalue weighted by Crippen LogP contribution is 2.49. The van der Waals surface area contributed by atoms with Crippen LogP contribution >= 0.6 is 0 Å². The number of fused-ring (bicyclic) bond motifs is 4. The Hall–Kier alpha value is -6.40. The number of nitrogens with one attached hydrogen (secondary N) is 1. The number of carboxylic acid groups (broad SMARTS) is 1. The summed E-state index contributed by atoms with van der Waals surface area (Å²) in [5.41, 5.74) is 4.17. The van der Waals surface area contributed by atoms with Crippen LogP contribution in [0.25, 0.3) is 39.1 Å². The van der Waals surface area contributed by atoms with Gasteiger partial charge in [-0.3, -0.25) is 0 Å². The van der Waals surface area contributed by atoms with Crippen LogP contribution in [0.15, 0.2) is 72.8 Å². The number of rotatable bonds is 10. The first-order valence-corrected chi connectivity index (χ1v) is 16.6. The highest BCUT2D eigenvalue weighted by atomic mass is 16.6.